The third-order valence-electron chi connectivity index (χ3n) is 3.13. The van der Waals surface area contributed by atoms with Crippen LogP contribution in [-0.4, -0.2) is 31.1 Å². The summed E-state index contributed by atoms with van der Waals surface area (Å²) in [5.41, 5.74) is 0.281. The van der Waals surface area contributed by atoms with Gasteiger partial charge in [-0.15, -0.1) is 0 Å². The molecule has 0 radical (unpaired) electrons. The molecule has 0 aromatic heterocycles. The molecule has 1 aliphatic rings. The Labute approximate surface area is 114 Å². The van der Waals surface area contributed by atoms with Gasteiger partial charge in [-0.1, -0.05) is 0 Å². The van der Waals surface area contributed by atoms with E-state index in [1.165, 1.54) is 6.07 Å². The minimum atomic E-state index is -0.493. The van der Waals surface area contributed by atoms with E-state index in [0.717, 1.165) is 25.9 Å². The Hall–Kier alpha value is -1.12. The Balaban J connectivity index is 2.11. The smallest absolute Gasteiger partial charge is 0.180 e. The first kappa shape index (κ1) is 13.3. The Bertz CT molecular complexity index is 479. The van der Waals surface area contributed by atoms with Gasteiger partial charge in [0.1, 0.15) is 12.2 Å². The van der Waals surface area contributed by atoms with Gasteiger partial charge in [-0.3, -0.25) is 0 Å². The minimum absolute atomic E-state index is 0.0514. The van der Waals surface area contributed by atoms with Crippen LogP contribution in [0.2, 0.25) is 0 Å². The fourth-order valence-corrected chi connectivity index (χ4v) is 2.41. The maximum atomic E-state index is 13.9. The van der Waals surface area contributed by atoms with Crippen LogP contribution in [0, 0.1) is 17.1 Å². The average molecular weight is 313 g/mol. The molecule has 1 aromatic carbocycles. The molecule has 2 rings (SSSR count). The zero-order chi connectivity index (χ0) is 13.1. The number of hydrogen-bond acceptors (Lipinski definition) is 3. The van der Waals surface area contributed by atoms with Gasteiger partial charge in [0.25, 0.3) is 0 Å². The van der Waals surface area contributed by atoms with Crippen molar-refractivity contribution in [2.75, 3.05) is 20.1 Å². The van der Waals surface area contributed by atoms with Crippen molar-refractivity contribution in [3.8, 4) is 11.8 Å². The summed E-state index contributed by atoms with van der Waals surface area (Å²) in [5, 5.41) is 8.79. The standard InChI is InChI=1S/C13H14BrFN2O/c1-17-6-4-10(5-7-17)18-11-3-2-9(8-16)12(14)13(11)15/h2-3,10H,4-7H2,1H3. The molecule has 18 heavy (non-hydrogen) atoms. The second-order valence-electron chi connectivity index (χ2n) is 4.47. The van der Waals surface area contributed by atoms with Gasteiger partial charge in [-0.25, -0.2) is 4.39 Å². The molecule has 0 spiro atoms. The number of likely N-dealkylation sites (tertiary alicyclic amines) is 1. The van der Waals surface area contributed by atoms with Gasteiger partial charge in [0.05, 0.1) is 10.0 Å². The van der Waals surface area contributed by atoms with Gasteiger partial charge in [0, 0.05) is 13.1 Å². The predicted octanol–water partition coefficient (Wildman–Crippen LogP) is 2.93. The lowest BCUT2D eigenvalue weighted by Gasteiger charge is -2.29. The second kappa shape index (κ2) is 5.68. The topological polar surface area (TPSA) is 36.3 Å². The van der Waals surface area contributed by atoms with Crippen LogP contribution in [-0.2, 0) is 0 Å². The summed E-state index contributed by atoms with van der Waals surface area (Å²) in [4.78, 5) is 2.23. The number of rotatable bonds is 2. The van der Waals surface area contributed by atoms with Crippen LogP contribution in [0.4, 0.5) is 4.39 Å². The van der Waals surface area contributed by atoms with Gasteiger partial charge >= 0.3 is 0 Å². The van der Waals surface area contributed by atoms with E-state index in [0.29, 0.717) is 0 Å². The number of piperidine rings is 1. The fraction of sp³-hybridized carbons (Fsp3) is 0.462. The summed E-state index contributed by atoms with van der Waals surface area (Å²) in [6, 6.07) is 5.02. The molecule has 1 saturated heterocycles. The van der Waals surface area contributed by atoms with E-state index in [1.54, 1.807) is 6.07 Å². The Kier molecular flexibility index (Phi) is 4.20. The molecule has 1 heterocycles. The van der Waals surface area contributed by atoms with E-state index < -0.39 is 5.82 Å². The minimum Gasteiger partial charge on any atom is -0.487 e. The van der Waals surface area contributed by atoms with Crippen LogP contribution in [0.25, 0.3) is 0 Å². The van der Waals surface area contributed by atoms with Crippen LogP contribution in [0.15, 0.2) is 16.6 Å². The number of nitriles is 1. The molecule has 0 aliphatic carbocycles. The van der Waals surface area contributed by atoms with Crippen molar-refractivity contribution >= 4 is 15.9 Å². The molecule has 0 amide bonds. The lowest BCUT2D eigenvalue weighted by atomic mass is 10.1. The van der Waals surface area contributed by atoms with Gasteiger partial charge < -0.3 is 9.64 Å². The molecule has 0 saturated carbocycles. The quantitative estimate of drug-likeness (QED) is 0.842. The number of benzene rings is 1. The van der Waals surface area contributed by atoms with Crippen LogP contribution >= 0.6 is 15.9 Å². The van der Waals surface area contributed by atoms with Crippen molar-refractivity contribution in [1.82, 2.24) is 4.90 Å². The first-order valence-corrected chi connectivity index (χ1v) is 6.64. The van der Waals surface area contributed by atoms with Crippen molar-refractivity contribution in [3.63, 3.8) is 0 Å². The molecular formula is C13H14BrFN2O. The van der Waals surface area contributed by atoms with Crippen LogP contribution in [0.5, 0.6) is 5.75 Å². The van der Waals surface area contributed by atoms with E-state index in [4.69, 9.17) is 10.00 Å². The Morgan fingerprint density at radius 3 is 2.72 bits per heavy atom. The molecule has 0 unspecified atom stereocenters. The average Bonchev–Trinajstić information content (AvgIpc) is 2.38. The van der Waals surface area contributed by atoms with Gasteiger partial charge in [0.15, 0.2) is 11.6 Å². The third kappa shape index (κ3) is 2.82. The van der Waals surface area contributed by atoms with Gasteiger partial charge in [-0.05, 0) is 48.0 Å². The molecular weight excluding hydrogens is 299 g/mol. The SMILES string of the molecule is CN1CCC(Oc2ccc(C#N)c(Br)c2F)CC1. The third-order valence-corrected chi connectivity index (χ3v) is 3.90. The highest BCUT2D eigenvalue weighted by Crippen LogP contribution is 2.30. The lowest BCUT2D eigenvalue weighted by molar-refractivity contribution is 0.110. The largest absolute Gasteiger partial charge is 0.487 e. The molecule has 1 aromatic rings. The molecule has 0 atom stereocenters. The molecule has 1 fully saturated rings. The maximum absolute atomic E-state index is 13.9. The van der Waals surface area contributed by atoms with Gasteiger partial charge in [-0.2, -0.15) is 5.26 Å². The first-order valence-electron chi connectivity index (χ1n) is 5.85. The van der Waals surface area contributed by atoms with E-state index in [2.05, 4.69) is 27.9 Å². The summed E-state index contributed by atoms with van der Waals surface area (Å²) in [5.74, 6) is -0.275. The van der Waals surface area contributed by atoms with Crippen molar-refractivity contribution in [3.05, 3.63) is 28.0 Å². The highest BCUT2D eigenvalue weighted by Gasteiger charge is 2.20. The lowest BCUT2D eigenvalue weighted by Crippen LogP contribution is -2.35. The highest BCUT2D eigenvalue weighted by molar-refractivity contribution is 9.10. The fourth-order valence-electron chi connectivity index (χ4n) is 1.99. The number of ether oxygens (including phenoxy) is 1. The van der Waals surface area contributed by atoms with Crippen molar-refractivity contribution in [1.29, 1.82) is 5.26 Å². The zero-order valence-corrected chi connectivity index (χ0v) is 11.7. The van der Waals surface area contributed by atoms with Crippen molar-refractivity contribution in [2.24, 2.45) is 0 Å². The monoisotopic (exact) mass is 312 g/mol. The number of hydrogen-bond donors (Lipinski definition) is 0. The van der Waals surface area contributed by atoms with E-state index >= 15 is 0 Å². The molecule has 0 N–H and O–H groups in total. The summed E-state index contributed by atoms with van der Waals surface area (Å²) in [6.07, 6.45) is 1.84. The molecule has 1 aliphatic heterocycles. The second-order valence-corrected chi connectivity index (χ2v) is 5.26. The molecule has 5 heteroatoms. The molecule has 96 valence electrons. The summed E-state index contributed by atoms with van der Waals surface area (Å²) < 4.78 is 19.8. The van der Waals surface area contributed by atoms with Crippen molar-refractivity contribution < 1.29 is 9.13 Å². The Morgan fingerprint density at radius 2 is 2.11 bits per heavy atom. The predicted molar refractivity (Wildman–Crippen MR) is 70.0 cm³/mol. The number of halogens is 2. The highest BCUT2D eigenvalue weighted by atomic mass is 79.9. The molecule has 0 bridgehead atoms. The van der Waals surface area contributed by atoms with Crippen LogP contribution in [0.3, 0.4) is 0 Å². The number of nitrogens with zero attached hydrogens (tertiary/aromatic N) is 2. The summed E-state index contributed by atoms with van der Waals surface area (Å²) >= 11 is 3.08. The van der Waals surface area contributed by atoms with E-state index in [1.807, 2.05) is 6.07 Å². The zero-order valence-electron chi connectivity index (χ0n) is 10.1. The maximum Gasteiger partial charge on any atom is 0.180 e. The summed E-state index contributed by atoms with van der Waals surface area (Å²) in [6.45, 7) is 1.92. The van der Waals surface area contributed by atoms with Crippen LogP contribution < -0.4 is 4.74 Å². The van der Waals surface area contributed by atoms with Crippen LogP contribution in [0.1, 0.15) is 18.4 Å². The first-order chi connectivity index (χ1) is 8.61. The Morgan fingerprint density at radius 1 is 1.44 bits per heavy atom. The normalized spacial score (nSPS) is 17.4. The van der Waals surface area contributed by atoms with Crippen molar-refractivity contribution in [2.45, 2.75) is 18.9 Å². The summed E-state index contributed by atoms with van der Waals surface area (Å²) in [7, 11) is 2.06. The van der Waals surface area contributed by atoms with E-state index in [9.17, 15) is 4.39 Å². The van der Waals surface area contributed by atoms with Gasteiger partial charge in [0.2, 0.25) is 0 Å². The van der Waals surface area contributed by atoms with E-state index in [-0.39, 0.29) is 21.9 Å². The molecule has 3 nitrogen and oxygen atoms in total.